The molecule has 1 unspecified atom stereocenters. The van der Waals surface area contributed by atoms with E-state index in [-0.39, 0.29) is 6.54 Å². The number of hydrogen-bond donors (Lipinski definition) is 0. The molecule has 2 aromatic carbocycles. The SMILES string of the molecule is COC(=O)C(OC(=O)Cn1c(C)cc2ccccc21)c1ccccc1. The van der Waals surface area contributed by atoms with E-state index in [0.29, 0.717) is 5.56 Å². The average molecular weight is 337 g/mol. The van der Waals surface area contributed by atoms with Gasteiger partial charge in [0.2, 0.25) is 6.10 Å². The fourth-order valence-electron chi connectivity index (χ4n) is 2.84. The fourth-order valence-corrected chi connectivity index (χ4v) is 2.84. The summed E-state index contributed by atoms with van der Waals surface area (Å²) in [5.74, 6) is -1.10. The largest absolute Gasteiger partial charge is 0.466 e. The highest BCUT2D eigenvalue weighted by Crippen LogP contribution is 2.22. The third-order valence-electron chi connectivity index (χ3n) is 4.07. The summed E-state index contributed by atoms with van der Waals surface area (Å²) in [4.78, 5) is 24.5. The molecule has 128 valence electrons. The average Bonchev–Trinajstić information content (AvgIpc) is 2.95. The second kappa shape index (κ2) is 7.21. The van der Waals surface area contributed by atoms with Crippen molar-refractivity contribution in [3.05, 3.63) is 71.9 Å². The Labute approximate surface area is 145 Å². The smallest absolute Gasteiger partial charge is 0.351 e. The van der Waals surface area contributed by atoms with Crippen LogP contribution < -0.4 is 0 Å². The van der Waals surface area contributed by atoms with E-state index in [1.165, 1.54) is 7.11 Å². The van der Waals surface area contributed by atoms with Gasteiger partial charge in [-0.15, -0.1) is 0 Å². The molecule has 1 aromatic heterocycles. The van der Waals surface area contributed by atoms with Crippen molar-refractivity contribution in [2.24, 2.45) is 0 Å². The summed E-state index contributed by atoms with van der Waals surface area (Å²) >= 11 is 0. The van der Waals surface area contributed by atoms with E-state index < -0.39 is 18.0 Å². The molecule has 0 aliphatic carbocycles. The van der Waals surface area contributed by atoms with Gasteiger partial charge < -0.3 is 14.0 Å². The van der Waals surface area contributed by atoms with Crippen LogP contribution in [-0.2, 0) is 25.6 Å². The van der Waals surface area contributed by atoms with Crippen molar-refractivity contribution in [1.29, 1.82) is 0 Å². The predicted molar refractivity (Wildman–Crippen MR) is 94.0 cm³/mol. The highest BCUT2D eigenvalue weighted by atomic mass is 16.6. The molecule has 0 bridgehead atoms. The topological polar surface area (TPSA) is 57.5 Å². The lowest BCUT2D eigenvalue weighted by atomic mass is 10.1. The lowest BCUT2D eigenvalue weighted by Gasteiger charge is -2.17. The molecule has 0 N–H and O–H groups in total. The van der Waals surface area contributed by atoms with Gasteiger partial charge in [-0.05, 0) is 24.4 Å². The monoisotopic (exact) mass is 337 g/mol. The summed E-state index contributed by atoms with van der Waals surface area (Å²) in [6.45, 7) is 1.96. The second-order valence-electron chi connectivity index (χ2n) is 5.73. The molecule has 5 nitrogen and oxygen atoms in total. The number of aryl methyl sites for hydroxylation is 1. The van der Waals surface area contributed by atoms with E-state index in [1.54, 1.807) is 24.3 Å². The molecule has 1 heterocycles. The normalized spacial score (nSPS) is 11.9. The van der Waals surface area contributed by atoms with Crippen LogP contribution in [0.2, 0.25) is 0 Å². The minimum absolute atomic E-state index is 0.0275. The maximum atomic E-state index is 12.5. The van der Waals surface area contributed by atoms with Gasteiger partial charge >= 0.3 is 11.9 Å². The molecule has 0 spiro atoms. The maximum absolute atomic E-state index is 12.5. The number of benzene rings is 2. The van der Waals surface area contributed by atoms with Gasteiger partial charge in [-0.3, -0.25) is 4.79 Å². The van der Waals surface area contributed by atoms with Crippen molar-refractivity contribution >= 4 is 22.8 Å². The molecule has 0 fully saturated rings. The molecule has 0 amide bonds. The number of ether oxygens (including phenoxy) is 2. The van der Waals surface area contributed by atoms with Gasteiger partial charge in [0.1, 0.15) is 6.54 Å². The van der Waals surface area contributed by atoms with Crippen LogP contribution in [0.4, 0.5) is 0 Å². The summed E-state index contributed by atoms with van der Waals surface area (Å²) in [5.41, 5.74) is 2.48. The molecule has 5 heteroatoms. The van der Waals surface area contributed by atoms with Gasteiger partial charge in [0, 0.05) is 16.8 Å². The lowest BCUT2D eigenvalue weighted by Crippen LogP contribution is -2.23. The summed E-state index contributed by atoms with van der Waals surface area (Å²) in [6, 6.07) is 18.7. The highest BCUT2D eigenvalue weighted by Gasteiger charge is 2.26. The third kappa shape index (κ3) is 3.55. The number of para-hydroxylation sites is 1. The number of esters is 2. The van der Waals surface area contributed by atoms with Crippen molar-refractivity contribution in [2.45, 2.75) is 19.6 Å². The lowest BCUT2D eigenvalue weighted by molar-refractivity contribution is -0.167. The van der Waals surface area contributed by atoms with E-state index in [2.05, 4.69) is 0 Å². The number of carbonyl (C=O) groups excluding carboxylic acids is 2. The van der Waals surface area contributed by atoms with Gasteiger partial charge in [-0.25, -0.2) is 4.79 Å². The van der Waals surface area contributed by atoms with Crippen LogP contribution in [0.5, 0.6) is 0 Å². The van der Waals surface area contributed by atoms with Gasteiger partial charge in [0.15, 0.2) is 0 Å². The zero-order valence-corrected chi connectivity index (χ0v) is 14.1. The first-order valence-electron chi connectivity index (χ1n) is 7.97. The third-order valence-corrected chi connectivity index (χ3v) is 4.07. The Morgan fingerprint density at radius 3 is 2.44 bits per heavy atom. The zero-order chi connectivity index (χ0) is 17.8. The van der Waals surface area contributed by atoms with Crippen molar-refractivity contribution in [1.82, 2.24) is 4.57 Å². The van der Waals surface area contributed by atoms with E-state index in [9.17, 15) is 9.59 Å². The number of rotatable bonds is 5. The fraction of sp³-hybridized carbons (Fsp3) is 0.200. The summed E-state index contributed by atoms with van der Waals surface area (Å²) in [6.07, 6.45) is -1.07. The van der Waals surface area contributed by atoms with Crippen molar-refractivity contribution in [3.63, 3.8) is 0 Å². The van der Waals surface area contributed by atoms with E-state index in [1.807, 2.05) is 47.9 Å². The van der Waals surface area contributed by atoms with Gasteiger partial charge in [-0.1, -0.05) is 48.5 Å². The minimum atomic E-state index is -1.07. The van der Waals surface area contributed by atoms with Crippen LogP contribution in [0, 0.1) is 6.92 Å². The molecule has 3 rings (SSSR count). The summed E-state index contributed by atoms with van der Waals surface area (Å²) < 4.78 is 12.1. The van der Waals surface area contributed by atoms with Gasteiger partial charge in [0.25, 0.3) is 0 Å². The van der Waals surface area contributed by atoms with Gasteiger partial charge in [-0.2, -0.15) is 0 Å². The van der Waals surface area contributed by atoms with Gasteiger partial charge in [0.05, 0.1) is 7.11 Å². The molecule has 0 saturated heterocycles. The molecule has 0 saturated carbocycles. The molecule has 3 aromatic rings. The Kier molecular flexibility index (Phi) is 4.84. The minimum Gasteiger partial charge on any atom is -0.466 e. The first kappa shape index (κ1) is 16.8. The van der Waals surface area contributed by atoms with Crippen molar-refractivity contribution < 1.29 is 19.1 Å². The van der Waals surface area contributed by atoms with E-state index in [4.69, 9.17) is 9.47 Å². The Morgan fingerprint density at radius 1 is 1.04 bits per heavy atom. The predicted octanol–water partition coefficient (Wildman–Crippen LogP) is 3.41. The number of fused-ring (bicyclic) bond motifs is 1. The van der Waals surface area contributed by atoms with Crippen molar-refractivity contribution in [3.8, 4) is 0 Å². The standard InChI is InChI=1S/C20H19NO4/c1-14-12-16-10-6-7-11-17(16)21(14)13-18(22)25-19(20(23)24-2)15-8-4-3-5-9-15/h3-12,19H,13H2,1-2H3. The first-order chi connectivity index (χ1) is 12.1. The Hall–Kier alpha value is -3.08. The molecule has 1 atom stereocenters. The Bertz CT molecular complexity index is 898. The van der Waals surface area contributed by atoms with E-state index >= 15 is 0 Å². The molecule has 25 heavy (non-hydrogen) atoms. The summed E-state index contributed by atoms with van der Waals surface area (Å²) in [7, 11) is 1.27. The Balaban J connectivity index is 1.82. The van der Waals surface area contributed by atoms with Crippen LogP contribution in [0.15, 0.2) is 60.7 Å². The molecular formula is C20H19NO4. The zero-order valence-electron chi connectivity index (χ0n) is 14.1. The van der Waals surface area contributed by atoms with E-state index in [0.717, 1.165) is 16.6 Å². The molecular weight excluding hydrogens is 318 g/mol. The maximum Gasteiger partial charge on any atom is 0.351 e. The number of hydrogen-bond acceptors (Lipinski definition) is 4. The van der Waals surface area contributed by atoms with Crippen LogP contribution >= 0.6 is 0 Å². The summed E-state index contributed by atoms with van der Waals surface area (Å²) in [5, 5.41) is 1.06. The first-order valence-corrected chi connectivity index (χ1v) is 7.97. The number of methoxy groups -OCH3 is 1. The Morgan fingerprint density at radius 2 is 1.72 bits per heavy atom. The van der Waals surface area contributed by atoms with Crippen LogP contribution in [0.1, 0.15) is 17.4 Å². The van der Waals surface area contributed by atoms with Crippen molar-refractivity contribution in [2.75, 3.05) is 7.11 Å². The molecule has 0 aliphatic heterocycles. The van der Waals surface area contributed by atoms with Crippen LogP contribution in [-0.4, -0.2) is 23.6 Å². The quantitative estimate of drug-likeness (QED) is 0.670. The number of carbonyl (C=O) groups is 2. The second-order valence-corrected chi connectivity index (χ2v) is 5.73. The number of aromatic nitrogens is 1. The highest BCUT2D eigenvalue weighted by molar-refractivity contribution is 5.84. The van der Waals surface area contributed by atoms with Crippen LogP contribution in [0.3, 0.4) is 0 Å². The number of nitrogens with zero attached hydrogens (tertiary/aromatic N) is 1. The van der Waals surface area contributed by atoms with Crippen LogP contribution in [0.25, 0.3) is 10.9 Å². The molecule has 0 radical (unpaired) electrons. The molecule has 0 aliphatic rings.